The van der Waals surface area contributed by atoms with Crippen LogP contribution in [0.1, 0.15) is 19.3 Å². The highest BCUT2D eigenvalue weighted by Gasteiger charge is 2.55. The van der Waals surface area contributed by atoms with Crippen LogP contribution in [0.3, 0.4) is 0 Å². The fraction of sp³-hybridized carbons (Fsp3) is 0.533. The lowest BCUT2D eigenvalue weighted by molar-refractivity contribution is -0.148. The summed E-state index contributed by atoms with van der Waals surface area (Å²) in [6.07, 6.45) is 6.52. The smallest absolute Gasteiger partial charge is 0.309 e. The second-order valence-electron chi connectivity index (χ2n) is 6.09. The van der Waals surface area contributed by atoms with Crippen LogP contribution in [0.5, 0.6) is 0 Å². The summed E-state index contributed by atoms with van der Waals surface area (Å²) in [5, 5.41) is 1.05. The van der Waals surface area contributed by atoms with E-state index in [0.29, 0.717) is 0 Å². The van der Waals surface area contributed by atoms with E-state index >= 15 is 0 Å². The van der Waals surface area contributed by atoms with Crippen molar-refractivity contribution in [1.29, 1.82) is 0 Å². The fourth-order valence-corrected chi connectivity index (χ4v) is 3.63. The molecule has 1 saturated carbocycles. The zero-order chi connectivity index (χ0) is 14.4. The van der Waals surface area contributed by atoms with E-state index in [1.165, 1.54) is 7.11 Å². The van der Waals surface area contributed by atoms with Crippen LogP contribution in [0.4, 0.5) is 5.82 Å². The molecule has 1 N–H and O–H groups in total. The van der Waals surface area contributed by atoms with Gasteiger partial charge < -0.3 is 14.6 Å². The van der Waals surface area contributed by atoms with Crippen molar-refractivity contribution in [1.82, 2.24) is 15.0 Å². The van der Waals surface area contributed by atoms with Gasteiger partial charge in [-0.15, -0.1) is 0 Å². The van der Waals surface area contributed by atoms with Gasteiger partial charge in [0.25, 0.3) is 0 Å². The van der Waals surface area contributed by atoms with Crippen molar-refractivity contribution < 1.29 is 9.53 Å². The number of hydrogen-bond acceptors (Lipinski definition) is 5. The van der Waals surface area contributed by atoms with Gasteiger partial charge >= 0.3 is 5.97 Å². The average molecular weight is 286 g/mol. The Kier molecular flexibility index (Phi) is 2.67. The summed E-state index contributed by atoms with van der Waals surface area (Å²) >= 11 is 0. The van der Waals surface area contributed by atoms with Crippen LogP contribution in [-0.2, 0) is 9.53 Å². The quantitative estimate of drug-likeness (QED) is 0.851. The van der Waals surface area contributed by atoms with E-state index in [1.54, 1.807) is 6.33 Å². The second kappa shape index (κ2) is 4.44. The predicted molar refractivity (Wildman–Crippen MR) is 77.9 cm³/mol. The molecule has 2 fully saturated rings. The van der Waals surface area contributed by atoms with E-state index in [0.717, 1.165) is 49.2 Å². The van der Waals surface area contributed by atoms with E-state index < -0.39 is 0 Å². The van der Waals surface area contributed by atoms with Gasteiger partial charge in [-0.25, -0.2) is 9.97 Å². The summed E-state index contributed by atoms with van der Waals surface area (Å²) in [4.78, 5) is 26.1. The van der Waals surface area contributed by atoms with Crippen molar-refractivity contribution in [3.8, 4) is 0 Å². The molecule has 2 aliphatic rings. The topological polar surface area (TPSA) is 71.1 Å². The number of ether oxygens (including phenoxy) is 1. The average Bonchev–Trinajstić information content (AvgIpc) is 3.10. The van der Waals surface area contributed by atoms with Gasteiger partial charge in [-0.3, -0.25) is 4.79 Å². The molecule has 1 atom stereocenters. The van der Waals surface area contributed by atoms with E-state index in [1.807, 2.05) is 12.3 Å². The number of aromatic nitrogens is 3. The Balaban J connectivity index is 1.64. The number of hydrogen-bond donors (Lipinski definition) is 1. The Hall–Kier alpha value is -2.11. The zero-order valence-corrected chi connectivity index (χ0v) is 12.0. The maximum Gasteiger partial charge on any atom is 0.309 e. The Labute approximate surface area is 122 Å². The third-order valence-electron chi connectivity index (χ3n) is 4.94. The van der Waals surface area contributed by atoms with Crippen LogP contribution in [0, 0.1) is 11.3 Å². The van der Waals surface area contributed by atoms with Crippen LogP contribution in [0.2, 0.25) is 0 Å². The van der Waals surface area contributed by atoms with Gasteiger partial charge in [0.15, 0.2) is 0 Å². The van der Waals surface area contributed by atoms with E-state index in [4.69, 9.17) is 4.74 Å². The Morgan fingerprint density at radius 3 is 3.10 bits per heavy atom. The third kappa shape index (κ3) is 1.89. The molecular weight excluding hydrogens is 268 g/mol. The van der Waals surface area contributed by atoms with Crippen LogP contribution in [0.15, 0.2) is 18.6 Å². The van der Waals surface area contributed by atoms with Crippen LogP contribution in [-0.4, -0.2) is 41.1 Å². The predicted octanol–water partition coefficient (Wildman–Crippen LogP) is 1.74. The SMILES string of the molecule is COC(=O)[C@H]1CCN(c2ncnc3[nH]ccc23)CC12CC2. The van der Waals surface area contributed by atoms with E-state index in [2.05, 4.69) is 19.9 Å². The zero-order valence-electron chi connectivity index (χ0n) is 12.0. The lowest BCUT2D eigenvalue weighted by Gasteiger charge is -2.38. The lowest BCUT2D eigenvalue weighted by Crippen LogP contribution is -2.45. The van der Waals surface area contributed by atoms with Crippen molar-refractivity contribution in [3.63, 3.8) is 0 Å². The fourth-order valence-electron chi connectivity index (χ4n) is 3.63. The number of nitrogens with zero attached hydrogens (tertiary/aromatic N) is 3. The highest BCUT2D eigenvalue weighted by atomic mass is 16.5. The number of carbonyl (C=O) groups is 1. The first-order valence-corrected chi connectivity index (χ1v) is 7.34. The number of H-pyrrole nitrogens is 1. The number of methoxy groups -OCH3 is 1. The molecule has 0 aromatic carbocycles. The summed E-state index contributed by atoms with van der Waals surface area (Å²) in [5.41, 5.74) is 0.957. The molecule has 0 amide bonds. The van der Waals surface area contributed by atoms with Crippen LogP contribution < -0.4 is 4.90 Å². The normalized spacial score (nSPS) is 23.5. The van der Waals surface area contributed by atoms with E-state index in [-0.39, 0.29) is 17.3 Å². The molecule has 1 aliphatic heterocycles. The largest absolute Gasteiger partial charge is 0.469 e. The minimum Gasteiger partial charge on any atom is -0.469 e. The number of carbonyl (C=O) groups excluding carboxylic acids is 1. The third-order valence-corrected chi connectivity index (χ3v) is 4.94. The van der Waals surface area contributed by atoms with Gasteiger partial charge in [0, 0.05) is 24.7 Å². The standard InChI is InChI=1S/C15H18N4O2/c1-21-14(20)11-3-7-19(8-15(11)4-5-15)13-10-2-6-16-12(10)17-9-18-13/h2,6,9,11H,3-5,7-8H2,1H3,(H,16,17,18)/t11-/m1/s1. The number of esters is 1. The Bertz CT molecular complexity index is 692. The summed E-state index contributed by atoms with van der Waals surface area (Å²) < 4.78 is 4.98. The molecule has 21 heavy (non-hydrogen) atoms. The number of piperidine rings is 1. The Morgan fingerprint density at radius 1 is 1.48 bits per heavy atom. The molecule has 110 valence electrons. The van der Waals surface area contributed by atoms with Gasteiger partial charge in [-0.1, -0.05) is 0 Å². The number of nitrogens with one attached hydrogen (secondary N) is 1. The van der Waals surface area contributed by atoms with Crippen LogP contribution in [0.25, 0.3) is 11.0 Å². The molecule has 6 nitrogen and oxygen atoms in total. The Morgan fingerprint density at radius 2 is 2.33 bits per heavy atom. The van der Waals surface area contributed by atoms with Gasteiger partial charge in [-0.05, 0) is 25.3 Å². The number of fused-ring (bicyclic) bond motifs is 1. The van der Waals surface area contributed by atoms with Gasteiger partial charge in [0.05, 0.1) is 18.4 Å². The highest BCUT2D eigenvalue weighted by molar-refractivity contribution is 5.87. The molecule has 3 heterocycles. The van der Waals surface area contributed by atoms with E-state index in [9.17, 15) is 4.79 Å². The molecule has 0 unspecified atom stereocenters. The van der Waals surface area contributed by atoms with Gasteiger partial charge in [0.2, 0.25) is 0 Å². The molecule has 0 bridgehead atoms. The first-order chi connectivity index (χ1) is 10.2. The number of anilines is 1. The highest BCUT2D eigenvalue weighted by Crippen LogP contribution is 2.56. The minimum atomic E-state index is -0.0540. The van der Waals surface area contributed by atoms with Crippen molar-refractivity contribution >= 4 is 22.8 Å². The summed E-state index contributed by atoms with van der Waals surface area (Å²) in [5.74, 6) is 0.958. The first kappa shape index (κ1) is 12.6. The molecule has 4 rings (SSSR count). The van der Waals surface area contributed by atoms with Gasteiger partial charge in [-0.2, -0.15) is 0 Å². The van der Waals surface area contributed by atoms with Crippen molar-refractivity contribution in [3.05, 3.63) is 18.6 Å². The monoisotopic (exact) mass is 286 g/mol. The van der Waals surface area contributed by atoms with Crippen molar-refractivity contribution in [2.24, 2.45) is 11.3 Å². The summed E-state index contributed by atoms with van der Waals surface area (Å²) in [6, 6.07) is 2.01. The number of aromatic amines is 1. The van der Waals surface area contributed by atoms with Crippen molar-refractivity contribution in [2.45, 2.75) is 19.3 Å². The maximum absolute atomic E-state index is 12.0. The van der Waals surface area contributed by atoms with Crippen LogP contribution >= 0.6 is 0 Å². The molecule has 6 heteroatoms. The second-order valence-corrected chi connectivity index (χ2v) is 6.09. The molecule has 2 aromatic rings. The minimum absolute atomic E-state index is 0.0438. The van der Waals surface area contributed by atoms with Crippen molar-refractivity contribution in [2.75, 3.05) is 25.1 Å². The molecule has 1 spiro atoms. The number of rotatable bonds is 2. The lowest BCUT2D eigenvalue weighted by atomic mass is 9.82. The summed E-state index contributed by atoms with van der Waals surface area (Å²) in [6.45, 7) is 1.71. The molecule has 0 radical (unpaired) electrons. The molecule has 1 saturated heterocycles. The molecule has 2 aromatic heterocycles. The molecule has 1 aliphatic carbocycles. The maximum atomic E-state index is 12.0. The molecular formula is C15H18N4O2. The summed E-state index contributed by atoms with van der Waals surface area (Å²) in [7, 11) is 1.48. The van der Waals surface area contributed by atoms with Gasteiger partial charge in [0.1, 0.15) is 17.8 Å². The first-order valence-electron chi connectivity index (χ1n) is 7.34.